The normalized spacial score (nSPS) is 19.3. The van der Waals surface area contributed by atoms with Crippen molar-refractivity contribution in [3.63, 3.8) is 0 Å². The van der Waals surface area contributed by atoms with E-state index >= 15 is 0 Å². The summed E-state index contributed by atoms with van der Waals surface area (Å²) in [6, 6.07) is 1.95. The van der Waals surface area contributed by atoms with Crippen LogP contribution in [-0.4, -0.2) is 41.9 Å². The highest BCUT2D eigenvalue weighted by molar-refractivity contribution is 7.99. The van der Waals surface area contributed by atoms with E-state index in [1.165, 1.54) is 31.7 Å². The minimum Gasteiger partial charge on any atom is -0.468 e. The zero-order valence-corrected chi connectivity index (χ0v) is 12.2. The summed E-state index contributed by atoms with van der Waals surface area (Å²) in [6.07, 6.45) is 4.05. The molecule has 1 aliphatic heterocycles. The second-order valence-electron chi connectivity index (χ2n) is 4.77. The number of esters is 1. The first-order valence-corrected chi connectivity index (χ1v) is 7.44. The molecule has 0 saturated carbocycles. The maximum Gasteiger partial charge on any atom is 0.316 e. The van der Waals surface area contributed by atoms with Gasteiger partial charge < -0.3 is 9.64 Å². The number of carbonyl (C=O) groups is 1. The zero-order valence-electron chi connectivity index (χ0n) is 11.3. The first-order chi connectivity index (χ1) is 9.19. The van der Waals surface area contributed by atoms with E-state index in [1.807, 2.05) is 6.07 Å². The monoisotopic (exact) mass is 281 g/mol. The molecule has 1 aromatic heterocycles. The number of methoxy groups -OCH3 is 1. The van der Waals surface area contributed by atoms with Gasteiger partial charge in [-0.3, -0.25) is 4.79 Å². The Morgan fingerprint density at radius 1 is 1.58 bits per heavy atom. The molecule has 1 aromatic rings. The van der Waals surface area contributed by atoms with Gasteiger partial charge in [0.05, 0.1) is 12.9 Å². The number of hydrogen-bond donors (Lipinski definition) is 0. The van der Waals surface area contributed by atoms with Gasteiger partial charge in [-0.1, -0.05) is 18.7 Å². The molecule has 5 nitrogen and oxygen atoms in total. The molecule has 0 amide bonds. The highest BCUT2D eigenvalue weighted by Crippen LogP contribution is 2.24. The lowest BCUT2D eigenvalue weighted by atomic mass is 10.0. The number of ether oxygens (including phenoxy) is 1. The number of carbonyl (C=O) groups excluding carboxylic acids is 1. The lowest BCUT2D eigenvalue weighted by molar-refractivity contribution is -0.137. The number of thioether (sulfide) groups is 1. The fourth-order valence-electron chi connectivity index (χ4n) is 2.17. The van der Waals surface area contributed by atoms with Crippen LogP contribution in [0.15, 0.2) is 17.4 Å². The predicted molar refractivity (Wildman–Crippen MR) is 75.4 cm³/mol. The lowest BCUT2D eigenvalue weighted by Crippen LogP contribution is -2.34. The topological polar surface area (TPSA) is 55.3 Å². The summed E-state index contributed by atoms with van der Waals surface area (Å²) in [5.41, 5.74) is 0. The molecule has 1 aliphatic rings. The summed E-state index contributed by atoms with van der Waals surface area (Å²) in [6.45, 7) is 4.35. The van der Waals surface area contributed by atoms with Crippen LogP contribution in [0.5, 0.6) is 0 Å². The first kappa shape index (κ1) is 14.1. The maximum atomic E-state index is 11.1. The van der Waals surface area contributed by atoms with Crippen LogP contribution in [0.4, 0.5) is 5.82 Å². The largest absolute Gasteiger partial charge is 0.468 e. The molecular formula is C13H19N3O2S. The fourth-order valence-corrected chi connectivity index (χ4v) is 2.87. The van der Waals surface area contributed by atoms with Crippen molar-refractivity contribution in [1.82, 2.24) is 9.97 Å². The van der Waals surface area contributed by atoms with E-state index in [9.17, 15) is 4.79 Å². The summed E-state index contributed by atoms with van der Waals surface area (Å²) in [4.78, 5) is 21.9. The second-order valence-corrected chi connectivity index (χ2v) is 5.77. The quantitative estimate of drug-likeness (QED) is 0.478. The number of piperidine rings is 1. The van der Waals surface area contributed by atoms with Gasteiger partial charge in [-0.25, -0.2) is 9.97 Å². The Balaban J connectivity index is 2.00. The summed E-state index contributed by atoms with van der Waals surface area (Å²) >= 11 is 1.38. The molecule has 1 atom stereocenters. The van der Waals surface area contributed by atoms with Gasteiger partial charge in [0.15, 0.2) is 0 Å². The van der Waals surface area contributed by atoms with Gasteiger partial charge in [-0.2, -0.15) is 0 Å². The summed E-state index contributed by atoms with van der Waals surface area (Å²) in [5, 5.41) is 0.814. The molecule has 0 bridgehead atoms. The molecular weight excluding hydrogens is 262 g/mol. The summed E-state index contributed by atoms with van der Waals surface area (Å²) < 4.78 is 4.62. The number of rotatable bonds is 4. The molecule has 1 fully saturated rings. The van der Waals surface area contributed by atoms with Crippen molar-refractivity contribution in [2.45, 2.75) is 24.8 Å². The van der Waals surface area contributed by atoms with Crippen molar-refractivity contribution in [3.05, 3.63) is 12.4 Å². The van der Waals surface area contributed by atoms with E-state index in [0.29, 0.717) is 5.92 Å². The van der Waals surface area contributed by atoms with Crippen LogP contribution < -0.4 is 4.90 Å². The molecule has 2 rings (SSSR count). The van der Waals surface area contributed by atoms with E-state index in [-0.39, 0.29) is 11.7 Å². The van der Waals surface area contributed by atoms with Crippen LogP contribution in [0.25, 0.3) is 0 Å². The van der Waals surface area contributed by atoms with Gasteiger partial charge >= 0.3 is 5.97 Å². The van der Waals surface area contributed by atoms with Gasteiger partial charge in [-0.15, -0.1) is 0 Å². The highest BCUT2D eigenvalue weighted by Gasteiger charge is 2.18. The lowest BCUT2D eigenvalue weighted by Gasteiger charge is -2.31. The van der Waals surface area contributed by atoms with Gasteiger partial charge in [0.2, 0.25) is 0 Å². The van der Waals surface area contributed by atoms with Crippen LogP contribution in [0.2, 0.25) is 0 Å². The van der Waals surface area contributed by atoms with Crippen molar-refractivity contribution in [2.24, 2.45) is 5.92 Å². The Hall–Kier alpha value is -1.30. The van der Waals surface area contributed by atoms with Crippen LogP contribution >= 0.6 is 11.8 Å². The van der Waals surface area contributed by atoms with E-state index in [4.69, 9.17) is 0 Å². The Kier molecular flexibility index (Phi) is 5.01. The Morgan fingerprint density at radius 3 is 3.16 bits per heavy atom. The smallest absolute Gasteiger partial charge is 0.316 e. The van der Waals surface area contributed by atoms with Crippen LogP contribution in [0.3, 0.4) is 0 Å². The van der Waals surface area contributed by atoms with Crippen molar-refractivity contribution >= 4 is 23.5 Å². The standard InChI is InChI=1S/C13H19N3O2S/c1-10-4-3-5-16(7-10)11-6-12(15-9-14-11)19-8-13(17)18-2/h6,9-10H,3-5,7-8H2,1-2H3. The van der Waals surface area contributed by atoms with Crippen molar-refractivity contribution in [1.29, 1.82) is 0 Å². The Labute approximate surface area is 117 Å². The van der Waals surface area contributed by atoms with Gasteiger partial charge in [-0.05, 0) is 18.8 Å². The molecule has 2 heterocycles. The second kappa shape index (κ2) is 6.75. The molecule has 0 aliphatic carbocycles. The Bertz CT molecular complexity index is 442. The number of aromatic nitrogens is 2. The fraction of sp³-hybridized carbons (Fsp3) is 0.615. The summed E-state index contributed by atoms with van der Waals surface area (Å²) in [7, 11) is 1.39. The number of nitrogens with zero attached hydrogens (tertiary/aromatic N) is 3. The zero-order chi connectivity index (χ0) is 13.7. The van der Waals surface area contributed by atoms with E-state index in [1.54, 1.807) is 6.33 Å². The molecule has 1 unspecified atom stereocenters. The van der Waals surface area contributed by atoms with Crippen molar-refractivity contribution < 1.29 is 9.53 Å². The third-order valence-electron chi connectivity index (χ3n) is 3.17. The summed E-state index contributed by atoms with van der Waals surface area (Å²) in [5.74, 6) is 1.70. The molecule has 0 spiro atoms. The average molecular weight is 281 g/mol. The highest BCUT2D eigenvalue weighted by atomic mass is 32.2. The minimum atomic E-state index is -0.239. The van der Waals surface area contributed by atoms with Gasteiger partial charge in [0.25, 0.3) is 0 Å². The van der Waals surface area contributed by atoms with E-state index in [0.717, 1.165) is 23.9 Å². The molecule has 104 valence electrons. The molecule has 1 saturated heterocycles. The third kappa shape index (κ3) is 4.09. The minimum absolute atomic E-state index is 0.239. The van der Waals surface area contributed by atoms with Crippen molar-refractivity contribution in [2.75, 3.05) is 30.9 Å². The molecule has 0 aromatic carbocycles. The molecule has 19 heavy (non-hydrogen) atoms. The average Bonchev–Trinajstić information content (AvgIpc) is 2.45. The third-order valence-corrected chi connectivity index (χ3v) is 4.07. The number of anilines is 1. The SMILES string of the molecule is COC(=O)CSc1cc(N2CCCC(C)C2)ncn1. The first-order valence-electron chi connectivity index (χ1n) is 6.45. The molecule has 6 heteroatoms. The van der Waals surface area contributed by atoms with Crippen LogP contribution in [0.1, 0.15) is 19.8 Å². The van der Waals surface area contributed by atoms with Crippen LogP contribution in [-0.2, 0) is 9.53 Å². The molecule has 0 N–H and O–H groups in total. The Morgan fingerprint density at radius 2 is 2.42 bits per heavy atom. The van der Waals surface area contributed by atoms with E-state index < -0.39 is 0 Å². The molecule has 0 radical (unpaired) electrons. The van der Waals surface area contributed by atoms with Crippen LogP contribution in [0, 0.1) is 5.92 Å². The van der Waals surface area contributed by atoms with Gasteiger partial charge in [0, 0.05) is 19.2 Å². The van der Waals surface area contributed by atoms with E-state index in [2.05, 4.69) is 26.5 Å². The van der Waals surface area contributed by atoms with Crippen molar-refractivity contribution in [3.8, 4) is 0 Å². The maximum absolute atomic E-state index is 11.1. The number of hydrogen-bond acceptors (Lipinski definition) is 6. The predicted octanol–water partition coefficient (Wildman–Crippen LogP) is 1.98. The van der Waals surface area contributed by atoms with Gasteiger partial charge in [0.1, 0.15) is 17.2 Å².